The van der Waals surface area contributed by atoms with E-state index in [9.17, 15) is 0 Å². The molecule has 1 aromatic rings. The first-order chi connectivity index (χ1) is 9.26. The number of aryl methyl sites for hydroxylation is 1. The van der Waals surface area contributed by atoms with Crippen LogP contribution in [0, 0.1) is 12.8 Å². The monoisotopic (exact) mass is 278 g/mol. The molecule has 2 saturated carbocycles. The van der Waals surface area contributed by atoms with Crippen LogP contribution in [0.15, 0.2) is 6.07 Å². The lowest BCUT2D eigenvalue weighted by atomic mass is 10.2. The molecule has 2 fully saturated rings. The summed E-state index contributed by atoms with van der Waals surface area (Å²) >= 11 is 1.97. The molecule has 3 rings (SSSR count). The molecule has 0 spiro atoms. The number of nitrogens with zero attached hydrogens (tertiary/aromatic N) is 1. The highest BCUT2D eigenvalue weighted by atomic mass is 32.1. The van der Waals surface area contributed by atoms with Gasteiger partial charge in [-0.25, -0.2) is 0 Å². The van der Waals surface area contributed by atoms with Crippen LogP contribution < -0.4 is 5.32 Å². The summed E-state index contributed by atoms with van der Waals surface area (Å²) < 4.78 is 0. The second-order valence-corrected chi connectivity index (χ2v) is 7.52. The van der Waals surface area contributed by atoms with E-state index < -0.39 is 0 Å². The minimum atomic E-state index is 0.900. The van der Waals surface area contributed by atoms with Crippen molar-refractivity contribution in [2.24, 2.45) is 5.92 Å². The van der Waals surface area contributed by atoms with Crippen molar-refractivity contribution < 1.29 is 0 Å². The topological polar surface area (TPSA) is 15.3 Å². The van der Waals surface area contributed by atoms with Crippen LogP contribution in [0.3, 0.4) is 0 Å². The molecule has 2 aliphatic rings. The Hall–Kier alpha value is -0.380. The van der Waals surface area contributed by atoms with E-state index in [1.807, 2.05) is 11.3 Å². The average Bonchev–Trinajstić information content (AvgIpc) is 3.26. The Kier molecular flexibility index (Phi) is 4.25. The van der Waals surface area contributed by atoms with Crippen molar-refractivity contribution in [1.82, 2.24) is 10.2 Å². The van der Waals surface area contributed by atoms with Gasteiger partial charge in [0.05, 0.1) is 0 Å². The molecule has 0 aliphatic heterocycles. The summed E-state index contributed by atoms with van der Waals surface area (Å²) in [6.45, 7) is 9.10. The lowest BCUT2D eigenvalue weighted by Crippen LogP contribution is -2.27. The zero-order chi connectivity index (χ0) is 13.2. The van der Waals surface area contributed by atoms with Gasteiger partial charge in [0, 0.05) is 35.4 Å². The lowest BCUT2D eigenvalue weighted by molar-refractivity contribution is 0.244. The van der Waals surface area contributed by atoms with E-state index in [0.29, 0.717) is 0 Å². The maximum absolute atomic E-state index is 3.43. The van der Waals surface area contributed by atoms with Gasteiger partial charge in [0.2, 0.25) is 0 Å². The van der Waals surface area contributed by atoms with Gasteiger partial charge >= 0.3 is 0 Å². The molecule has 106 valence electrons. The van der Waals surface area contributed by atoms with E-state index in [0.717, 1.165) is 25.0 Å². The number of hydrogen-bond donors (Lipinski definition) is 1. The normalized spacial score (nSPS) is 19.3. The summed E-state index contributed by atoms with van der Waals surface area (Å²) in [5, 5.41) is 3.43. The van der Waals surface area contributed by atoms with Gasteiger partial charge < -0.3 is 5.32 Å². The van der Waals surface area contributed by atoms with E-state index in [4.69, 9.17) is 0 Å². The Morgan fingerprint density at radius 2 is 2.11 bits per heavy atom. The molecule has 0 amide bonds. The summed E-state index contributed by atoms with van der Waals surface area (Å²) in [6.07, 6.45) is 5.80. The van der Waals surface area contributed by atoms with Gasteiger partial charge in [-0.15, -0.1) is 11.3 Å². The summed E-state index contributed by atoms with van der Waals surface area (Å²) in [7, 11) is 0. The number of hydrogen-bond acceptors (Lipinski definition) is 3. The van der Waals surface area contributed by atoms with Crippen LogP contribution in [-0.4, -0.2) is 24.0 Å². The van der Waals surface area contributed by atoms with Crippen LogP contribution in [-0.2, 0) is 13.1 Å². The van der Waals surface area contributed by atoms with Crippen LogP contribution in [0.5, 0.6) is 0 Å². The van der Waals surface area contributed by atoms with E-state index in [1.165, 1.54) is 48.5 Å². The fourth-order valence-corrected chi connectivity index (χ4v) is 3.74. The van der Waals surface area contributed by atoms with Gasteiger partial charge in [0.15, 0.2) is 0 Å². The van der Waals surface area contributed by atoms with Gasteiger partial charge in [-0.05, 0) is 56.7 Å². The first-order valence-electron chi connectivity index (χ1n) is 7.79. The molecule has 0 saturated heterocycles. The number of thiophene rings is 1. The minimum Gasteiger partial charge on any atom is -0.312 e. The van der Waals surface area contributed by atoms with Gasteiger partial charge in [-0.2, -0.15) is 0 Å². The van der Waals surface area contributed by atoms with E-state index in [-0.39, 0.29) is 0 Å². The molecule has 1 N–H and O–H groups in total. The third-order valence-corrected chi connectivity index (χ3v) is 5.34. The maximum atomic E-state index is 3.43. The van der Waals surface area contributed by atoms with Gasteiger partial charge in [0.25, 0.3) is 0 Å². The summed E-state index contributed by atoms with van der Waals surface area (Å²) in [4.78, 5) is 5.77. The maximum Gasteiger partial charge on any atom is 0.0299 e. The van der Waals surface area contributed by atoms with E-state index >= 15 is 0 Å². The molecule has 2 nitrogen and oxygen atoms in total. The van der Waals surface area contributed by atoms with Crippen LogP contribution in [0.25, 0.3) is 0 Å². The Morgan fingerprint density at radius 3 is 2.74 bits per heavy atom. The zero-order valence-electron chi connectivity index (χ0n) is 12.2. The first kappa shape index (κ1) is 13.6. The highest BCUT2D eigenvalue weighted by Crippen LogP contribution is 2.36. The van der Waals surface area contributed by atoms with Crippen molar-refractivity contribution in [2.75, 3.05) is 13.1 Å². The fraction of sp³-hybridized carbons (Fsp3) is 0.750. The SMILES string of the molecule is CCNCc1cc(CN(CC2CC2)C2CC2)c(C)s1. The average molecular weight is 278 g/mol. The molecule has 0 atom stereocenters. The van der Waals surface area contributed by atoms with Crippen LogP contribution in [0.2, 0.25) is 0 Å². The summed E-state index contributed by atoms with van der Waals surface area (Å²) in [6, 6.07) is 3.34. The molecule has 2 aliphatic carbocycles. The quantitative estimate of drug-likeness (QED) is 0.782. The van der Waals surface area contributed by atoms with E-state index in [2.05, 4.69) is 30.1 Å². The van der Waals surface area contributed by atoms with Crippen molar-refractivity contribution in [3.8, 4) is 0 Å². The minimum absolute atomic E-state index is 0.900. The molecule has 3 heteroatoms. The Balaban J connectivity index is 1.61. The van der Waals surface area contributed by atoms with Crippen molar-refractivity contribution in [2.45, 2.75) is 58.7 Å². The highest BCUT2D eigenvalue weighted by molar-refractivity contribution is 7.12. The predicted octanol–water partition coefficient (Wildman–Crippen LogP) is 3.54. The molecule has 0 bridgehead atoms. The Bertz CT molecular complexity index is 418. The summed E-state index contributed by atoms with van der Waals surface area (Å²) in [5.41, 5.74) is 1.57. The molecular formula is C16H26N2S. The molecule has 0 aromatic carbocycles. The van der Waals surface area contributed by atoms with Crippen LogP contribution in [0.4, 0.5) is 0 Å². The first-order valence-corrected chi connectivity index (χ1v) is 8.61. The molecule has 19 heavy (non-hydrogen) atoms. The third kappa shape index (κ3) is 3.80. The molecular weight excluding hydrogens is 252 g/mol. The predicted molar refractivity (Wildman–Crippen MR) is 82.6 cm³/mol. The lowest BCUT2D eigenvalue weighted by Gasteiger charge is -2.21. The van der Waals surface area contributed by atoms with Crippen molar-refractivity contribution in [3.05, 3.63) is 21.4 Å². The fourth-order valence-electron chi connectivity index (χ4n) is 2.71. The molecule has 1 heterocycles. The smallest absolute Gasteiger partial charge is 0.0299 e. The largest absolute Gasteiger partial charge is 0.312 e. The van der Waals surface area contributed by atoms with Gasteiger partial charge in [-0.3, -0.25) is 4.90 Å². The second kappa shape index (κ2) is 5.94. The Labute approximate surface area is 121 Å². The standard InChI is InChI=1S/C16H26N2S/c1-3-17-9-16-8-14(12(2)19-16)11-18(15-6-7-15)10-13-4-5-13/h8,13,15,17H,3-7,9-11H2,1-2H3. The molecule has 0 radical (unpaired) electrons. The third-order valence-electron chi connectivity index (χ3n) is 4.25. The Morgan fingerprint density at radius 1 is 1.32 bits per heavy atom. The van der Waals surface area contributed by atoms with E-state index in [1.54, 1.807) is 5.56 Å². The molecule has 0 unspecified atom stereocenters. The van der Waals surface area contributed by atoms with Crippen molar-refractivity contribution in [3.63, 3.8) is 0 Å². The second-order valence-electron chi connectivity index (χ2n) is 6.18. The van der Waals surface area contributed by atoms with Crippen LogP contribution in [0.1, 0.15) is 47.9 Å². The number of rotatable bonds is 8. The van der Waals surface area contributed by atoms with Crippen molar-refractivity contribution in [1.29, 1.82) is 0 Å². The summed E-state index contributed by atoms with van der Waals surface area (Å²) in [5.74, 6) is 1.01. The number of nitrogens with one attached hydrogen (secondary N) is 1. The van der Waals surface area contributed by atoms with Gasteiger partial charge in [-0.1, -0.05) is 6.92 Å². The van der Waals surface area contributed by atoms with Gasteiger partial charge in [0.1, 0.15) is 0 Å². The zero-order valence-corrected chi connectivity index (χ0v) is 13.1. The van der Waals surface area contributed by atoms with Crippen LogP contribution >= 0.6 is 11.3 Å². The molecule has 1 aromatic heterocycles. The highest BCUT2D eigenvalue weighted by Gasteiger charge is 2.33. The van der Waals surface area contributed by atoms with Crippen molar-refractivity contribution >= 4 is 11.3 Å².